The molecule has 1 fully saturated rings. The quantitative estimate of drug-likeness (QED) is 0.399. The molecule has 0 unspecified atom stereocenters. The normalized spacial score (nSPS) is 15.6. The van der Waals surface area contributed by atoms with E-state index in [2.05, 4.69) is 25.7 Å². The molecule has 1 aliphatic heterocycles. The highest BCUT2D eigenvalue weighted by Gasteiger charge is 2.13. The van der Waals surface area contributed by atoms with Crippen LogP contribution < -0.4 is 10.5 Å². The van der Waals surface area contributed by atoms with Gasteiger partial charge in [-0.1, -0.05) is 15.9 Å². The second kappa shape index (κ2) is 9.46. The fourth-order valence-electron chi connectivity index (χ4n) is 1.94. The average molecular weight is 492 g/mol. The molecule has 1 saturated heterocycles. The minimum atomic E-state index is -2.87. The Balaban J connectivity index is 0.00000242. The number of aliphatic imine (C=N–C) groups is 1. The van der Waals surface area contributed by atoms with Crippen LogP contribution in [0.2, 0.25) is 0 Å². The number of benzene rings is 1. The summed E-state index contributed by atoms with van der Waals surface area (Å²) in [6.45, 7) is -0.141. The molecule has 1 aromatic carbocycles. The maximum absolute atomic E-state index is 12.4. The van der Waals surface area contributed by atoms with E-state index >= 15 is 0 Å². The van der Waals surface area contributed by atoms with Gasteiger partial charge in [0.2, 0.25) is 0 Å². The van der Waals surface area contributed by atoms with Crippen molar-refractivity contribution in [1.29, 1.82) is 0 Å². The molecule has 0 radical (unpaired) electrons. The summed E-state index contributed by atoms with van der Waals surface area (Å²) in [5.74, 6) is 0.480. The molecule has 1 heterocycles. The monoisotopic (exact) mass is 491 g/mol. The van der Waals surface area contributed by atoms with E-state index in [1.807, 2.05) is 4.90 Å². The fourth-order valence-corrected chi connectivity index (χ4v) is 2.35. The Kier molecular flexibility index (Phi) is 8.33. The zero-order chi connectivity index (χ0) is 15.2. The van der Waals surface area contributed by atoms with Crippen LogP contribution in [0.25, 0.3) is 0 Å². The molecule has 9 heteroatoms. The molecule has 0 aromatic heterocycles. The fraction of sp³-hybridized carbons (Fsp3) is 0.462. The Morgan fingerprint density at radius 2 is 2.09 bits per heavy atom. The zero-order valence-corrected chi connectivity index (χ0v) is 15.6. The number of nitrogens with two attached hydrogens (primary N) is 1. The number of ether oxygens (including phenoxy) is 2. The van der Waals surface area contributed by atoms with Crippen LogP contribution in [0, 0.1) is 0 Å². The predicted molar refractivity (Wildman–Crippen MR) is 93.9 cm³/mol. The van der Waals surface area contributed by atoms with Gasteiger partial charge in [-0.15, -0.1) is 24.0 Å². The Bertz CT molecular complexity index is 514. The minimum Gasteiger partial charge on any atom is -0.434 e. The number of alkyl halides is 2. The third-order valence-corrected chi connectivity index (χ3v) is 3.48. The minimum absolute atomic E-state index is 0. The van der Waals surface area contributed by atoms with Crippen molar-refractivity contribution in [2.24, 2.45) is 10.7 Å². The Hall–Kier alpha value is -0.680. The molecular formula is C13H17BrF2IN3O2. The highest BCUT2D eigenvalue weighted by molar-refractivity contribution is 14.0. The van der Waals surface area contributed by atoms with Crippen LogP contribution in [-0.4, -0.2) is 43.8 Å². The number of nitrogens with zero attached hydrogens (tertiary/aromatic N) is 2. The Labute approximate surface area is 153 Å². The molecule has 0 amide bonds. The van der Waals surface area contributed by atoms with Crippen molar-refractivity contribution in [1.82, 2.24) is 4.90 Å². The van der Waals surface area contributed by atoms with Gasteiger partial charge in [-0.3, -0.25) is 0 Å². The molecule has 2 N–H and O–H groups in total. The first kappa shape index (κ1) is 19.4. The molecule has 0 aliphatic carbocycles. The second-order valence-electron chi connectivity index (χ2n) is 4.40. The number of rotatable bonds is 4. The summed E-state index contributed by atoms with van der Waals surface area (Å²) in [5, 5.41) is 0. The van der Waals surface area contributed by atoms with Crippen molar-refractivity contribution in [2.75, 3.05) is 26.3 Å². The first-order valence-electron chi connectivity index (χ1n) is 6.42. The summed E-state index contributed by atoms with van der Waals surface area (Å²) in [5.41, 5.74) is 6.45. The lowest BCUT2D eigenvalue weighted by atomic mass is 10.2. The summed E-state index contributed by atoms with van der Waals surface area (Å²) in [6.07, 6.45) is 0. The van der Waals surface area contributed by atoms with Gasteiger partial charge in [0.1, 0.15) is 5.75 Å². The van der Waals surface area contributed by atoms with Gasteiger partial charge in [0.05, 0.1) is 19.8 Å². The highest BCUT2D eigenvalue weighted by atomic mass is 127. The predicted octanol–water partition coefficient (Wildman–Crippen LogP) is 2.82. The topological polar surface area (TPSA) is 60.1 Å². The third-order valence-electron chi connectivity index (χ3n) is 2.99. The van der Waals surface area contributed by atoms with E-state index in [1.165, 1.54) is 6.07 Å². The van der Waals surface area contributed by atoms with Gasteiger partial charge >= 0.3 is 6.61 Å². The Morgan fingerprint density at radius 3 is 2.73 bits per heavy atom. The largest absolute Gasteiger partial charge is 0.434 e. The summed E-state index contributed by atoms with van der Waals surface area (Å²) >= 11 is 3.30. The van der Waals surface area contributed by atoms with Crippen LogP contribution in [0.3, 0.4) is 0 Å². The van der Waals surface area contributed by atoms with Crippen LogP contribution in [0.5, 0.6) is 5.75 Å². The molecular weight excluding hydrogens is 475 g/mol. The lowest BCUT2D eigenvalue weighted by Gasteiger charge is -2.27. The van der Waals surface area contributed by atoms with E-state index in [4.69, 9.17) is 10.5 Å². The summed E-state index contributed by atoms with van der Waals surface area (Å²) in [7, 11) is 0. The van der Waals surface area contributed by atoms with Crippen LogP contribution in [0.4, 0.5) is 8.78 Å². The first-order chi connectivity index (χ1) is 10.1. The molecule has 22 heavy (non-hydrogen) atoms. The van der Waals surface area contributed by atoms with Crippen LogP contribution in [-0.2, 0) is 11.3 Å². The van der Waals surface area contributed by atoms with Crippen molar-refractivity contribution in [3.8, 4) is 5.75 Å². The number of morpholine rings is 1. The maximum atomic E-state index is 12.4. The number of hydrogen-bond donors (Lipinski definition) is 1. The van der Waals surface area contributed by atoms with E-state index in [1.54, 1.807) is 12.1 Å². The van der Waals surface area contributed by atoms with E-state index in [-0.39, 0.29) is 36.3 Å². The van der Waals surface area contributed by atoms with Gasteiger partial charge in [0.15, 0.2) is 5.96 Å². The number of hydrogen-bond acceptors (Lipinski definition) is 3. The van der Waals surface area contributed by atoms with Crippen molar-refractivity contribution in [2.45, 2.75) is 13.2 Å². The molecule has 1 aromatic rings. The smallest absolute Gasteiger partial charge is 0.387 e. The summed E-state index contributed by atoms with van der Waals surface area (Å²) < 4.78 is 35.2. The molecule has 0 saturated carbocycles. The van der Waals surface area contributed by atoms with Gasteiger partial charge in [0, 0.05) is 23.1 Å². The van der Waals surface area contributed by atoms with Gasteiger partial charge < -0.3 is 20.1 Å². The van der Waals surface area contributed by atoms with Gasteiger partial charge in [-0.05, 0) is 18.2 Å². The standard InChI is InChI=1S/C13H16BrF2N3O2.HI/c14-10-1-2-11(21-12(15)16)9(7-10)8-18-13(17)19-3-5-20-6-4-19;/h1-2,7,12H,3-6,8H2,(H2,17,18);1H. The van der Waals surface area contributed by atoms with E-state index in [0.29, 0.717) is 37.8 Å². The first-order valence-corrected chi connectivity index (χ1v) is 7.21. The molecule has 5 nitrogen and oxygen atoms in total. The molecule has 0 bridgehead atoms. The summed E-state index contributed by atoms with van der Waals surface area (Å²) in [4.78, 5) is 6.14. The lowest BCUT2D eigenvalue weighted by molar-refractivity contribution is -0.0504. The van der Waals surface area contributed by atoms with Gasteiger partial charge in [-0.2, -0.15) is 8.78 Å². The lowest BCUT2D eigenvalue weighted by Crippen LogP contribution is -2.44. The van der Waals surface area contributed by atoms with Crippen LogP contribution >= 0.6 is 39.9 Å². The van der Waals surface area contributed by atoms with Crippen LogP contribution in [0.15, 0.2) is 27.7 Å². The maximum Gasteiger partial charge on any atom is 0.387 e. The number of guanidine groups is 1. The third kappa shape index (κ3) is 5.84. The molecule has 2 rings (SSSR count). The van der Waals surface area contributed by atoms with Crippen molar-refractivity contribution in [3.05, 3.63) is 28.2 Å². The van der Waals surface area contributed by atoms with Crippen LogP contribution in [0.1, 0.15) is 5.56 Å². The molecule has 1 aliphatic rings. The van der Waals surface area contributed by atoms with Gasteiger partial charge in [0.25, 0.3) is 0 Å². The summed E-state index contributed by atoms with van der Waals surface area (Å²) in [6, 6.07) is 4.80. The Morgan fingerprint density at radius 1 is 1.41 bits per heavy atom. The van der Waals surface area contributed by atoms with E-state index in [0.717, 1.165) is 4.47 Å². The molecule has 0 spiro atoms. The van der Waals surface area contributed by atoms with E-state index in [9.17, 15) is 8.78 Å². The molecule has 124 valence electrons. The average Bonchev–Trinajstić information content (AvgIpc) is 2.47. The van der Waals surface area contributed by atoms with Crippen molar-refractivity contribution < 1.29 is 18.3 Å². The SMILES string of the molecule is I.NC(=NCc1cc(Br)ccc1OC(F)F)N1CCOCC1. The van der Waals surface area contributed by atoms with E-state index < -0.39 is 6.61 Å². The van der Waals surface area contributed by atoms with Crippen molar-refractivity contribution >= 4 is 45.9 Å². The van der Waals surface area contributed by atoms with Gasteiger partial charge in [-0.25, -0.2) is 4.99 Å². The zero-order valence-electron chi connectivity index (χ0n) is 11.7. The molecule has 0 atom stereocenters. The van der Waals surface area contributed by atoms with Crippen molar-refractivity contribution in [3.63, 3.8) is 0 Å². The second-order valence-corrected chi connectivity index (χ2v) is 5.32. The highest BCUT2D eigenvalue weighted by Crippen LogP contribution is 2.25. The number of halogens is 4.